The van der Waals surface area contributed by atoms with Gasteiger partial charge in [0.1, 0.15) is 12.2 Å². The lowest BCUT2D eigenvalue weighted by Crippen LogP contribution is -2.48. The van der Waals surface area contributed by atoms with Crippen molar-refractivity contribution in [2.24, 2.45) is 7.05 Å². The molecular weight excluding hydrogens is 306 g/mol. The Bertz CT molecular complexity index is 590. The summed E-state index contributed by atoms with van der Waals surface area (Å²) < 4.78 is 8.56. The molecular formula is C14H16BrN3O. The number of nitrogens with zero attached hydrogens (tertiary/aromatic N) is 3. The number of hydrogen-bond acceptors (Lipinski definition) is 3. The van der Waals surface area contributed by atoms with Gasteiger partial charge in [-0.15, -0.1) is 10.2 Å². The summed E-state index contributed by atoms with van der Waals surface area (Å²) in [5, 5.41) is 8.36. The van der Waals surface area contributed by atoms with Gasteiger partial charge in [0.25, 0.3) is 0 Å². The van der Waals surface area contributed by atoms with E-state index in [0.717, 1.165) is 23.1 Å². The van der Waals surface area contributed by atoms with Crippen LogP contribution in [0.2, 0.25) is 0 Å². The maximum Gasteiger partial charge on any atom is 0.143 e. The minimum atomic E-state index is -0.0737. The molecule has 100 valence electrons. The molecule has 5 heteroatoms. The maximum atomic E-state index is 5.46. The SMILES string of the molecule is CO[C@H]1C[C@@](c2cccc(Br)c2)(c2nncn2C)C1. The molecule has 2 aromatic rings. The van der Waals surface area contributed by atoms with Crippen molar-refractivity contribution in [2.45, 2.75) is 24.4 Å². The normalized spacial score (nSPS) is 26.2. The van der Waals surface area contributed by atoms with Crippen LogP contribution in [-0.2, 0) is 17.2 Å². The van der Waals surface area contributed by atoms with Gasteiger partial charge in [-0.2, -0.15) is 0 Å². The van der Waals surface area contributed by atoms with Gasteiger partial charge in [0.05, 0.1) is 11.5 Å². The average Bonchev–Trinajstić information content (AvgIpc) is 2.76. The van der Waals surface area contributed by atoms with Gasteiger partial charge in [-0.1, -0.05) is 28.1 Å². The van der Waals surface area contributed by atoms with Crippen LogP contribution in [0.5, 0.6) is 0 Å². The number of ether oxygens (including phenoxy) is 1. The van der Waals surface area contributed by atoms with Crippen LogP contribution in [0.3, 0.4) is 0 Å². The van der Waals surface area contributed by atoms with Crippen LogP contribution in [-0.4, -0.2) is 28.0 Å². The molecule has 0 unspecified atom stereocenters. The summed E-state index contributed by atoms with van der Waals surface area (Å²) in [4.78, 5) is 0. The van der Waals surface area contributed by atoms with E-state index in [2.05, 4.69) is 44.3 Å². The summed E-state index contributed by atoms with van der Waals surface area (Å²) in [7, 11) is 3.77. The van der Waals surface area contributed by atoms with E-state index >= 15 is 0 Å². The first-order valence-corrected chi connectivity index (χ1v) is 7.08. The van der Waals surface area contributed by atoms with Gasteiger partial charge in [0, 0.05) is 18.6 Å². The van der Waals surface area contributed by atoms with E-state index in [1.165, 1.54) is 5.56 Å². The molecule has 0 N–H and O–H groups in total. The van der Waals surface area contributed by atoms with Crippen molar-refractivity contribution in [3.8, 4) is 0 Å². The van der Waals surface area contributed by atoms with Crippen molar-refractivity contribution in [3.63, 3.8) is 0 Å². The Kier molecular flexibility index (Phi) is 3.19. The molecule has 1 aliphatic rings. The molecule has 1 aromatic heterocycles. The molecule has 4 nitrogen and oxygen atoms in total. The molecule has 1 aromatic carbocycles. The number of aryl methyl sites for hydroxylation is 1. The van der Waals surface area contributed by atoms with Crippen LogP contribution in [0.15, 0.2) is 35.1 Å². The molecule has 1 saturated carbocycles. The molecule has 0 atom stereocenters. The van der Waals surface area contributed by atoms with Gasteiger partial charge in [0.15, 0.2) is 0 Å². The van der Waals surface area contributed by atoms with E-state index in [1.807, 2.05) is 17.7 Å². The largest absolute Gasteiger partial charge is 0.381 e. The van der Waals surface area contributed by atoms with Gasteiger partial charge >= 0.3 is 0 Å². The van der Waals surface area contributed by atoms with Crippen molar-refractivity contribution in [1.82, 2.24) is 14.8 Å². The molecule has 1 heterocycles. The predicted octanol–water partition coefficient (Wildman–Crippen LogP) is 2.67. The average molecular weight is 322 g/mol. The molecule has 1 aliphatic carbocycles. The summed E-state index contributed by atoms with van der Waals surface area (Å²) in [6.07, 6.45) is 3.96. The Morgan fingerprint density at radius 2 is 2.21 bits per heavy atom. The van der Waals surface area contributed by atoms with Crippen LogP contribution < -0.4 is 0 Å². The summed E-state index contributed by atoms with van der Waals surface area (Å²) in [5.41, 5.74) is 1.20. The highest BCUT2D eigenvalue weighted by molar-refractivity contribution is 9.10. The first-order chi connectivity index (χ1) is 9.15. The molecule has 0 radical (unpaired) electrons. The minimum absolute atomic E-state index is 0.0737. The second kappa shape index (κ2) is 4.72. The van der Waals surface area contributed by atoms with Crippen molar-refractivity contribution in [1.29, 1.82) is 0 Å². The van der Waals surface area contributed by atoms with Crippen molar-refractivity contribution < 1.29 is 4.74 Å². The van der Waals surface area contributed by atoms with Crippen LogP contribution in [0.25, 0.3) is 0 Å². The number of aromatic nitrogens is 3. The quantitative estimate of drug-likeness (QED) is 0.872. The number of halogens is 1. The van der Waals surface area contributed by atoms with Crippen LogP contribution in [0.4, 0.5) is 0 Å². The molecule has 1 fully saturated rings. The lowest BCUT2D eigenvalue weighted by Gasteiger charge is -2.46. The third-order valence-electron chi connectivity index (χ3n) is 4.00. The van der Waals surface area contributed by atoms with E-state index in [0.29, 0.717) is 6.10 Å². The van der Waals surface area contributed by atoms with Crippen LogP contribution >= 0.6 is 15.9 Å². The smallest absolute Gasteiger partial charge is 0.143 e. The number of hydrogen-bond donors (Lipinski definition) is 0. The third-order valence-corrected chi connectivity index (χ3v) is 4.50. The Labute approximate surface area is 120 Å². The Morgan fingerprint density at radius 1 is 1.42 bits per heavy atom. The molecule has 3 rings (SSSR count). The van der Waals surface area contributed by atoms with Crippen molar-refractivity contribution in [2.75, 3.05) is 7.11 Å². The fourth-order valence-electron chi connectivity index (χ4n) is 2.93. The number of methoxy groups -OCH3 is 1. The van der Waals surface area contributed by atoms with E-state index in [-0.39, 0.29) is 5.41 Å². The standard InChI is InChI=1S/C14H16BrN3O/c1-18-9-16-17-13(18)14(7-12(8-14)19-2)10-4-3-5-11(15)6-10/h3-6,9,12H,7-8H2,1-2H3/t12-,14+. The van der Waals surface area contributed by atoms with Crippen molar-refractivity contribution in [3.05, 3.63) is 46.5 Å². The first kappa shape index (κ1) is 12.8. The van der Waals surface area contributed by atoms with E-state index in [4.69, 9.17) is 4.74 Å². The molecule has 0 aliphatic heterocycles. The van der Waals surface area contributed by atoms with E-state index < -0.39 is 0 Å². The second-order valence-corrected chi connectivity index (χ2v) is 6.04. The summed E-state index contributed by atoms with van der Waals surface area (Å²) in [6, 6.07) is 8.43. The van der Waals surface area contributed by atoms with Gasteiger partial charge < -0.3 is 9.30 Å². The zero-order chi connectivity index (χ0) is 13.5. The molecule has 0 bridgehead atoms. The maximum absolute atomic E-state index is 5.46. The van der Waals surface area contributed by atoms with Gasteiger partial charge in [0.2, 0.25) is 0 Å². The van der Waals surface area contributed by atoms with Crippen LogP contribution in [0, 0.1) is 0 Å². The summed E-state index contributed by atoms with van der Waals surface area (Å²) in [6.45, 7) is 0. The lowest BCUT2D eigenvalue weighted by atomic mass is 9.62. The lowest BCUT2D eigenvalue weighted by molar-refractivity contribution is -0.00698. The number of rotatable bonds is 3. The van der Waals surface area contributed by atoms with Crippen molar-refractivity contribution >= 4 is 15.9 Å². The topological polar surface area (TPSA) is 39.9 Å². The fourth-order valence-corrected chi connectivity index (χ4v) is 3.33. The zero-order valence-corrected chi connectivity index (χ0v) is 12.6. The molecule has 0 spiro atoms. The highest BCUT2D eigenvalue weighted by atomic mass is 79.9. The monoisotopic (exact) mass is 321 g/mol. The minimum Gasteiger partial charge on any atom is -0.381 e. The molecule has 0 amide bonds. The number of benzene rings is 1. The fraction of sp³-hybridized carbons (Fsp3) is 0.429. The molecule has 0 saturated heterocycles. The Hall–Kier alpha value is -1.20. The predicted molar refractivity (Wildman–Crippen MR) is 76.0 cm³/mol. The highest BCUT2D eigenvalue weighted by Gasteiger charge is 2.50. The second-order valence-electron chi connectivity index (χ2n) is 5.12. The Balaban J connectivity index is 2.07. The third kappa shape index (κ3) is 2.01. The van der Waals surface area contributed by atoms with Gasteiger partial charge in [-0.3, -0.25) is 0 Å². The van der Waals surface area contributed by atoms with Crippen LogP contribution in [0.1, 0.15) is 24.2 Å². The Morgan fingerprint density at radius 3 is 2.79 bits per heavy atom. The van der Waals surface area contributed by atoms with E-state index in [9.17, 15) is 0 Å². The highest BCUT2D eigenvalue weighted by Crippen LogP contribution is 2.49. The van der Waals surface area contributed by atoms with E-state index in [1.54, 1.807) is 13.4 Å². The summed E-state index contributed by atoms with van der Waals surface area (Å²) in [5.74, 6) is 1.01. The zero-order valence-electron chi connectivity index (χ0n) is 11.0. The summed E-state index contributed by atoms with van der Waals surface area (Å²) >= 11 is 3.55. The first-order valence-electron chi connectivity index (χ1n) is 6.29. The van der Waals surface area contributed by atoms with Gasteiger partial charge in [-0.25, -0.2) is 0 Å². The molecule has 19 heavy (non-hydrogen) atoms. The van der Waals surface area contributed by atoms with Gasteiger partial charge in [-0.05, 0) is 30.5 Å².